The lowest BCUT2D eigenvalue weighted by Gasteiger charge is -2.35. The first-order chi connectivity index (χ1) is 8.99. The fourth-order valence-corrected chi connectivity index (χ4v) is 2.65. The van der Waals surface area contributed by atoms with E-state index in [0.717, 1.165) is 19.3 Å². The number of unbranched alkanes of at least 4 members (excludes halogenated alkanes) is 2. The number of hydrogen-bond acceptors (Lipinski definition) is 2. The molecular weight excluding hydrogens is 256 g/mol. The maximum atomic E-state index is 11.6. The number of carbonyl (C=O) groups is 2. The van der Waals surface area contributed by atoms with Crippen LogP contribution in [-0.2, 0) is 9.59 Å². The Bertz CT molecular complexity index is 330. The minimum atomic E-state index is -0.785. The van der Waals surface area contributed by atoms with E-state index in [1.165, 1.54) is 0 Å². The molecule has 0 aromatic carbocycles. The van der Waals surface area contributed by atoms with Crippen LogP contribution in [0.25, 0.3) is 0 Å². The van der Waals surface area contributed by atoms with Crippen molar-refractivity contribution < 1.29 is 19.8 Å². The molecule has 2 N–H and O–H groups in total. The summed E-state index contributed by atoms with van der Waals surface area (Å²) >= 11 is 0. The lowest BCUT2D eigenvalue weighted by atomic mass is 9.68. The Hall–Kier alpha value is -1.06. The molecule has 2 unspecified atom stereocenters. The van der Waals surface area contributed by atoms with Gasteiger partial charge in [0.05, 0.1) is 5.41 Å². The van der Waals surface area contributed by atoms with Crippen molar-refractivity contribution in [1.82, 2.24) is 0 Å². The maximum Gasteiger partial charge on any atom is 0.309 e. The molecule has 0 saturated carbocycles. The van der Waals surface area contributed by atoms with Crippen LogP contribution in [0.3, 0.4) is 0 Å². The Labute approximate surface area is 122 Å². The average Bonchev–Trinajstić information content (AvgIpc) is 2.24. The van der Waals surface area contributed by atoms with E-state index in [4.69, 9.17) is 5.11 Å². The third-order valence-electron chi connectivity index (χ3n) is 4.08. The fourth-order valence-electron chi connectivity index (χ4n) is 2.65. The molecule has 0 radical (unpaired) electrons. The quantitative estimate of drug-likeness (QED) is 0.623. The van der Waals surface area contributed by atoms with Crippen LogP contribution in [-0.4, -0.2) is 22.2 Å². The molecule has 0 aliphatic carbocycles. The second kappa shape index (κ2) is 7.65. The van der Waals surface area contributed by atoms with Crippen LogP contribution < -0.4 is 0 Å². The van der Waals surface area contributed by atoms with Gasteiger partial charge in [0.1, 0.15) is 0 Å². The molecule has 0 rings (SSSR count). The molecule has 0 aromatic heterocycles. The first-order valence-corrected chi connectivity index (χ1v) is 7.44. The summed E-state index contributed by atoms with van der Waals surface area (Å²) in [5.74, 6) is -1.43. The molecule has 0 amide bonds. The van der Waals surface area contributed by atoms with Gasteiger partial charge in [-0.05, 0) is 37.5 Å². The largest absolute Gasteiger partial charge is 0.481 e. The van der Waals surface area contributed by atoms with Crippen LogP contribution in [0.5, 0.6) is 0 Å². The molecule has 0 fully saturated rings. The predicted molar refractivity (Wildman–Crippen MR) is 79.7 cm³/mol. The van der Waals surface area contributed by atoms with E-state index >= 15 is 0 Å². The highest BCUT2D eigenvalue weighted by molar-refractivity contribution is 5.74. The van der Waals surface area contributed by atoms with Gasteiger partial charge in [0.25, 0.3) is 0 Å². The Kier molecular flexibility index (Phi) is 7.25. The molecule has 2 atom stereocenters. The number of carboxylic acid groups (broad SMARTS) is 2. The zero-order chi connectivity index (χ0) is 16.0. The highest BCUT2D eigenvalue weighted by Gasteiger charge is 2.39. The van der Waals surface area contributed by atoms with Gasteiger partial charge in [-0.3, -0.25) is 9.59 Å². The summed E-state index contributed by atoms with van der Waals surface area (Å²) in [6.07, 6.45) is 3.81. The van der Waals surface area contributed by atoms with E-state index in [1.54, 1.807) is 0 Å². The monoisotopic (exact) mass is 286 g/mol. The summed E-state index contributed by atoms with van der Waals surface area (Å²) in [5.41, 5.74) is -0.615. The highest BCUT2D eigenvalue weighted by Crippen LogP contribution is 2.40. The topological polar surface area (TPSA) is 74.6 Å². The van der Waals surface area contributed by atoms with Gasteiger partial charge < -0.3 is 10.2 Å². The SMILES string of the molecule is CC(CC(C)(C)C)C(C)(CCCCCC(=O)O)C(=O)O. The molecule has 0 heterocycles. The van der Waals surface area contributed by atoms with Crippen LogP contribution in [0.2, 0.25) is 0 Å². The molecular formula is C16H30O4. The van der Waals surface area contributed by atoms with Crippen LogP contribution in [0.1, 0.15) is 73.1 Å². The molecule has 4 heteroatoms. The van der Waals surface area contributed by atoms with Gasteiger partial charge in [0, 0.05) is 6.42 Å². The zero-order valence-corrected chi connectivity index (χ0v) is 13.5. The Morgan fingerprint density at radius 3 is 1.95 bits per heavy atom. The molecule has 20 heavy (non-hydrogen) atoms. The standard InChI is InChI=1S/C16H30O4/c1-12(11-15(2,3)4)16(5,14(19)20)10-8-6-7-9-13(17)18/h12H,6-11H2,1-5H3,(H,17,18)(H,19,20). The molecule has 0 aromatic rings. The van der Waals surface area contributed by atoms with Gasteiger partial charge in [-0.25, -0.2) is 0 Å². The normalized spacial score (nSPS) is 16.4. The van der Waals surface area contributed by atoms with Crippen molar-refractivity contribution in [3.63, 3.8) is 0 Å². The smallest absolute Gasteiger partial charge is 0.309 e. The third kappa shape index (κ3) is 6.92. The summed E-state index contributed by atoms with van der Waals surface area (Å²) < 4.78 is 0. The van der Waals surface area contributed by atoms with E-state index in [-0.39, 0.29) is 17.8 Å². The van der Waals surface area contributed by atoms with Crippen LogP contribution >= 0.6 is 0 Å². The summed E-state index contributed by atoms with van der Waals surface area (Å²) in [4.78, 5) is 22.1. The van der Waals surface area contributed by atoms with Crippen molar-refractivity contribution in [3.05, 3.63) is 0 Å². The van der Waals surface area contributed by atoms with Crippen molar-refractivity contribution in [3.8, 4) is 0 Å². The molecule has 0 saturated heterocycles. The third-order valence-corrected chi connectivity index (χ3v) is 4.08. The molecule has 0 aliphatic heterocycles. The number of rotatable bonds is 9. The number of aliphatic carboxylic acids is 2. The summed E-state index contributed by atoms with van der Waals surface area (Å²) in [7, 11) is 0. The molecule has 4 nitrogen and oxygen atoms in total. The van der Waals surface area contributed by atoms with Crippen LogP contribution in [0.4, 0.5) is 0 Å². The summed E-state index contributed by atoms with van der Waals surface area (Å²) in [5, 5.41) is 18.1. The minimum Gasteiger partial charge on any atom is -0.481 e. The lowest BCUT2D eigenvalue weighted by Crippen LogP contribution is -2.36. The minimum absolute atomic E-state index is 0.0967. The Balaban J connectivity index is 4.46. The summed E-state index contributed by atoms with van der Waals surface area (Å²) in [6, 6.07) is 0. The van der Waals surface area contributed by atoms with E-state index in [2.05, 4.69) is 20.8 Å². The molecule has 118 valence electrons. The van der Waals surface area contributed by atoms with E-state index < -0.39 is 17.4 Å². The number of carboxylic acids is 2. The van der Waals surface area contributed by atoms with Gasteiger partial charge in [-0.2, -0.15) is 0 Å². The average molecular weight is 286 g/mol. The zero-order valence-electron chi connectivity index (χ0n) is 13.5. The van der Waals surface area contributed by atoms with E-state index in [0.29, 0.717) is 12.8 Å². The van der Waals surface area contributed by atoms with Crippen molar-refractivity contribution in [1.29, 1.82) is 0 Å². The first kappa shape index (κ1) is 18.9. The lowest BCUT2D eigenvalue weighted by molar-refractivity contribution is -0.152. The van der Waals surface area contributed by atoms with Gasteiger partial charge >= 0.3 is 11.9 Å². The Morgan fingerprint density at radius 2 is 1.55 bits per heavy atom. The predicted octanol–water partition coefficient (Wildman–Crippen LogP) is 4.18. The highest BCUT2D eigenvalue weighted by atomic mass is 16.4. The van der Waals surface area contributed by atoms with E-state index in [9.17, 15) is 14.7 Å². The van der Waals surface area contributed by atoms with Gasteiger partial charge in [0.15, 0.2) is 0 Å². The van der Waals surface area contributed by atoms with Crippen LogP contribution in [0.15, 0.2) is 0 Å². The molecule has 0 spiro atoms. The second-order valence-electron chi connectivity index (χ2n) is 7.34. The van der Waals surface area contributed by atoms with Gasteiger partial charge in [-0.15, -0.1) is 0 Å². The van der Waals surface area contributed by atoms with E-state index in [1.807, 2.05) is 13.8 Å². The van der Waals surface area contributed by atoms with Crippen molar-refractivity contribution >= 4 is 11.9 Å². The van der Waals surface area contributed by atoms with Crippen LogP contribution in [0, 0.1) is 16.7 Å². The van der Waals surface area contributed by atoms with Crippen molar-refractivity contribution in [2.75, 3.05) is 0 Å². The molecule has 0 aliphatic rings. The van der Waals surface area contributed by atoms with Crippen molar-refractivity contribution in [2.45, 2.75) is 73.1 Å². The fraction of sp³-hybridized carbons (Fsp3) is 0.875. The van der Waals surface area contributed by atoms with Gasteiger partial charge in [0.2, 0.25) is 0 Å². The summed E-state index contributed by atoms with van der Waals surface area (Å²) in [6.45, 7) is 10.2. The van der Waals surface area contributed by atoms with Crippen molar-refractivity contribution in [2.24, 2.45) is 16.7 Å². The maximum absolute atomic E-state index is 11.6. The Morgan fingerprint density at radius 1 is 1.00 bits per heavy atom. The second-order valence-corrected chi connectivity index (χ2v) is 7.34. The number of hydrogen-bond donors (Lipinski definition) is 2. The first-order valence-electron chi connectivity index (χ1n) is 7.44. The molecule has 0 bridgehead atoms. The van der Waals surface area contributed by atoms with Gasteiger partial charge in [-0.1, -0.05) is 40.5 Å².